The fourth-order valence-electron chi connectivity index (χ4n) is 2.87. The molecule has 0 bridgehead atoms. The average molecular weight is 416 g/mol. The van der Waals surface area contributed by atoms with Gasteiger partial charge >= 0.3 is 145 Å². The second kappa shape index (κ2) is 10.6. The van der Waals surface area contributed by atoms with Crippen LogP contribution in [0.2, 0.25) is 3.43 Å². The van der Waals surface area contributed by atoms with Crippen LogP contribution in [0, 0.1) is 11.6 Å². The number of halogens is 2. The van der Waals surface area contributed by atoms with Gasteiger partial charge in [0.05, 0.1) is 0 Å². The molecule has 1 heterocycles. The summed E-state index contributed by atoms with van der Waals surface area (Å²) in [6.07, 6.45) is 11.9. The van der Waals surface area contributed by atoms with Gasteiger partial charge in [-0.15, -0.1) is 0 Å². The maximum atomic E-state index is 14.1. The first-order chi connectivity index (χ1) is 10.6. The monoisotopic (exact) mass is 417 g/mol. The van der Waals surface area contributed by atoms with Crippen molar-refractivity contribution in [3.05, 3.63) is 23.9 Å². The van der Waals surface area contributed by atoms with Gasteiger partial charge < -0.3 is 0 Å². The molecule has 0 atom stereocenters. The Balaban J connectivity index is 2.97. The van der Waals surface area contributed by atoms with E-state index in [2.05, 4.69) is 25.8 Å². The van der Waals surface area contributed by atoms with Crippen molar-refractivity contribution >= 4 is 24.9 Å². The van der Waals surface area contributed by atoms with Crippen molar-refractivity contribution < 1.29 is 8.78 Å². The van der Waals surface area contributed by atoms with Gasteiger partial charge in [-0.1, -0.05) is 0 Å². The molecule has 2 radical (unpaired) electrons. The minimum absolute atomic E-state index is 0.289. The van der Waals surface area contributed by atoms with E-state index >= 15 is 0 Å². The fraction of sp³-hybridized carbons (Fsp3) is 0.722. The molecule has 0 aliphatic carbocycles. The summed E-state index contributed by atoms with van der Waals surface area (Å²) >= 11 is -1.20. The number of unbranched alkanes of at least 4 members (excludes halogenated alkanes) is 3. The van der Waals surface area contributed by atoms with E-state index in [-0.39, 0.29) is 3.43 Å². The molecule has 22 heavy (non-hydrogen) atoms. The first-order valence-corrected chi connectivity index (χ1v) is 11.5. The molecular formula is C18H29F2NSn. The van der Waals surface area contributed by atoms with E-state index in [0.29, 0.717) is 3.71 Å². The molecule has 0 fully saturated rings. The van der Waals surface area contributed by atoms with Gasteiger partial charge in [0.15, 0.2) is 0 Å². The summed E-state index contributed by atoms with van der Waals surface area (Å²) in [6, 6.07) is 1.01. The third-order valence-corrected chi connectivity index (χ3v) is 9.60. The predicted octanol–water partition coefficient (Wildman–Crippen LogP) is 5.42. The molecule has 0 spiro atoms. The van der Waals surface area contributed by atoms with Crippen LogP contribution in [0.1, 0.15) is 78.6 Å². The molecule has 4 heteroatoms. The molecule has 1 aromatic rings. The Kier molecular flexibility index (Phi) is 9.53. The SMILES string of the molecule is CCCC[C](CCCC)(CCCC)[Sn][c]1ncc(F)cc1F. The fourth-order valence-corrected chi connectivity index (χ4v) is 7.80. The third-order valence-electron chi connectivity index (χ3n) is 4.22. The molecule has 0 saturated carbocycles. The van der Waals surface area contributed by atoms with Gasteiger partial charge in [-0.3, -0.25) is 0 Å². The van der Waals surface area contributed by atoms with E-state index < -0.39 is 32.8 Å². The number of hydrogen-bond acceptors (Lipinski definition) is 1. The van der Waals surface area contributed by atoms with Gasteiger partial charge in [0.2, 0.25) is 0 Å². The van der Waals surface area contributed by atoms with E-state index in [0.717, 1.165) is 6.07 Å². The number of rotatable bonds is 11. The van der Waals surface area contributed by atoms with Gasteiger partial charge in [-0.05, 0) is 0 Å². The van der Waals surface area contributed by atoms with Crippen molar-refractivity contribution in [1.82, 2.24) is 4.98 Å². The zero-order valence-corrected chi connectivity index (χ0v) is 17.1. The van der Waals surface area contributed by atoms with Crippen LogP contribution in [0.25, 0.3) is 0 Å². The predicted molar refractivity (Wildman–Crippen MR) is 90.8 cm³/mol. The van der Waals surface area contributed by atoms with E-state index in [1.165, 1.54) is 64.0 Å². The molecule has 0 aliphatic rings. The van der Waals surface area contributed by atoms with Crippen LogP contribution in [0.15, 0.2) is 12.3 Å². The number of aromatic nitrogens is 1. The van der Waals surface area contributed by atoms with Gasteiger partial charge in [0.25, 0.3) is 0 Å². The summed E-state index contributed by atoms with van der Waals surface area (Å²) in [5, 5.41) is 0. The van der Waals surface area contributed by atoms with Crippen LogP contribution in [-0.4, -0.2) is 26.1 Å². The van der Waals surface area contributed by atoms with Crippen molar-refractivity contribution in [3.8, 4) is 0 Å². The number of hydrogen-bond donors (Lipinski definition) is 0. The van der Waals surface area contributed by atoms with Crippen molar-refractivity contribution in [2.45, 2.75) is 82.0 Å². The molecule has 1 aromatic heterocycles. The second-order valence-corrected chi connectivity index (χ2v) is 11.3. The zero-order chi connectivity index (χ0) is 16.4. The first kappa shape index (κ1) is 19.9. The molecular weight excluding hydrogens is 387 g/mol. The summed E-state index contributed by atoms with van der Waals surface area (Å²) < 4.78 is 28.1. The molecule has 124 valence electrons. The molecule has 0 saturated heterocycles. The van der Waals surface area contributed by atoms with E-state index in [4.69, 9.17) is 0 Å². The average Bonchev–Trinajstić information content (AvgIpc) is 2.51. The van der Waals surface area contributed by atoms with Crippen LogP contribution < -0.4 is 3.71 Å². The van der Waals surface area contributed by atoms with Crippen molar-refractivity contribution in [2.24, 2.45) is 0 Å². The Hall–Kier alpha value is -0.191. The molecule has 0 unspecified atom stereocenters. The maximum absolute atomic E-state index is 14.1. The summed E-state index contributed by atoms with van der Waals surface area (Å²) in [4.78, 5) is 4.11. The third kappa shape index (κ3) is 6.51. The van der Waals surface area contributed by atoms with Crippen LogP contribution in [0.5, 0.6) is 0 Å². The topological polar surface area (TPSA) is 12.9 Å². The summed E-state index contributed by atoms with van der Waals surface area (Å²) in [5.74, 6) is -0.984. The second-order valence-electron chi connectivity index (χ2n) is 6.20. The number of nitrogens with zero attached hydrogens (tertiary/aromatic N) is 1. The van der Waals surface area contributed by atoms with Crippen molar-refractivity contribution in [1.29, 1.82) is 0 Å². The van der Waals surface area contributed by atoms with Crippen LogP contribution in [0.3, 0.4) is 0 Å². The van der Waals surface area contributed by atoms with Gasteiger partial charge in [0, 0.05) is 0 Å². The Morgan fingerprint density at radius 3 is 1.86 bits per heavy atom. The standard InChI is InChI=1S/C13H27.C5H2F2N.Sn/c1-4-7-10-13(11-8-5-2)12-9-6-3;6-4-1-5(7)3-8-2-4;/h4-12H2,1-3H3;1-2H;. The van der Waals surface area contributed by atoms with E-state index in [9.17, 15) is 8.78 Å². The number of pyridine rings is 1. The Morgan fingerprint density at radius 1 is 0.955 bits per heavy atom. The molecule has 0 aliphatic heterocycles. The quantitative estimate of drug-likeness (QED) is 0.440. The van der Waals surface area contributed by atoms with Gasteiger partial charge in [-0.2, -0.15) is 0 Å². The van der Waals surface area contributed by atoms with Gasteiger partial charge in [-0.25, -0.2) is 0 Å². The van der Waals surface area contributed by atoms with Crippen molar-refractivity contribution in [2.75, 3.05) is 0 Å². The van der Waals surface area contributed by atoms with Crippen LogP contribution >= 0.6 is 0 Å². The summed E-state index contributed by atoms with van der Waals surface area (Å²) in [6.45, 7) is 6.64. The first-order valence-electron chi connectivity index (χ1n) is 8.66. The Bertz CT molecular complexity index is 415. The summed E-state index contributed by atoms with van der Waals surface area (Å²) in [5.41, 5.74) is 0. The molecule has 0 amide bonds. The Labute approximate surface area is 144 Å². The van der Waals surface area contributed by atoms with Crippen LogP contribution in [0.4, 0.5) is 8.78 Å². The summed E-state index contributed by atoms with van der Waals surface area (Å²) in [7, 11) is 0. The molecule has 1 rings (SSSR count). The normalized spacial score (nSPS) is 11.9. The molecule has 1 nitrogen and oxygen atoms in total. The van der Waals surface area contributed by atoms with Gasteiger partial charge in [0.1, 0.15) is 0 Å². The van der Waals surface area contributed by atoms with E-state index in [1.807, 2.05) is 0 Å². The van der Waals surface area contributed by atoms with Crippen LogP contribution in [-0.2, 0) is 0 Å². The minimum atomic E-state index is -1.20. The molecule has 0 N–H and O–H groups in total. The van der Waals surface area contributed by atoms with Crippen molar-refractivity contribution in [3.63, 3.8) is 0 Å². The Morgan fingerprint density at radius 2 is 1.45 bits per heavy atom. The zero-order valence-electron chi connectivity index (χ0n) is 14.2. The molecule has 0 aromatic carbocycles. The van der Waals surface area contributed by atoms with E-state index in [1.54, 1.807) is 0 Å².